The number of carbonyl (C=O) groups is 1. The van der Waals surface area contributed by atoms with Gasteiger partial charge in [0.1, 0.15) is 0 Å². The minimum Gasteiger partial charge on any atom is -0.341 e. The van der Waals surface area contributed by atoms with Gasteiger partial charge in [-0.2, -0.15) is 0 Å². The molecule has 3 rings (SSSR count). The van der Waals surface area contributed by atoms with Crippen molar-refractivity contribution in [1.82, 2.24) is 14.8 Å². The maximum Gasteiger partial charge on any atom is 0.244 e. The van der Waals surface area contributed by atoms with E-state index >= 15 is 0 Å². The molecule has 0 spiro atoms. The average Bonchev–Trinajstić information content (AvgIpc) is 3.28. The summed E-state index contributed by atoms with van der Waals surface area (Å²) in [6, 6.07) is 0. The first kappa shape index (κ1) is 19.8. The second kappa shape index (κ2) is 7.56. The molecule has 0 radical (unpaired) electrons. The summed E-state index contributed by atoms with van der Waals surface area (Å²) in [5.41, 5.74) is 2.96. The van der Waals surface area contributed by atoms with Crippen molar-refractivity contribution >= 4 is 27.1 Å². The van der Waals surface area contributed by atoms with Gasteiger partial charge in [0.25, 0.3) is 0 Å². The van der Waals surface area contributed by atoms with Gasteiger partial charge in [-0.1, -0.05) is 12.8 Å². The van der Waals surface area contributed by atoms with Gasteiger partial charge in [-0.05, 0) is 39.2 Å². The van der Waals surface area contributed by atoms with E-state index in [0.717, 1.165) is 38.0 Å². The minimum atomic E-state index is -3.39. The summed E-state index contributed by atoms with van der Waals surface area (Å²) < 4.78 is 23.6. The highest BCUT2D eigenvalue weighted by molar-refractivity contribution is 7.92. The molecule has 1 amide bonds. The number of carbonyl (C=O) groups excluding carboxylic acids is 1. The largest absolute Gasteiger partial charge is 0.341 e. The number of aromatic nitrogens is 1. The zero-order chi connectivity index (χ0) is 18.9. The van der Waals surface area contributed by atoms with Crippen molar-refractivity contribution in [3.63, 3.8) is 0 Å². The maximum atomic E-state index is 13.1. The van der Waals surface area contributed by atoms with Gasteiger partial charge in [0.15, 0.2) is 14.6 Å². The predicted molar refractivity (Wildman–Crippen MR) is 104 cm³/mol. The molecule has 2 aliphatic rings. The van der Waals surface area contributed by atoms with Crippen LogP contribution >= 0.6 is 11.3 Å². The van der Waals surface area contributed by atoms with E-state index in [1.54, 1.807) is 11.3 Å². The number of hydrogen-bond donors (Lipinski definition) is 0. The van der Waals surface area contributed by atoms with E-state index in [4.69, 9.17) is 0 Å². The van der Waals surface area contributed by atoms with Gasteiger partial charge in [0.05, 0.1) is 11.2 Å². The van der Waals surface area contributed by atoms with E-state index in [1.165, 1.54) is 11.1 Å². The molecule has 146 valence electrons. The van der Waals surface area contributed by atoms with Crippen LogP contribution in [-0.2, 0) is 21.2 Å². The molecule has 0 aromatic carbocycles. The van der Waals surface area contributed by atoms with Crippen LogP contribution in [0.15, 0.2) is 5.51 Å². The van der Waals surface area contributed by atoms with Gasteiger partial charge in [-0.25, -0.2) is 13.4 Å². The Balaban J connectivity index is 1.59. The number of sulfone groups is 1. The van der Waals surface area contributed by atoms with E-state index in [-0.39, 0.29) is 5.91 Å². The Hall–Kier alpha value is -0.990. The van der Waals surface area contributed by atoms with Gasteiger partial charge in [0.2, 0.25) is 5.91 Å². The third kappa shape index (κ3) is 3.82. The topological polar surface area (TPSA) is 70.6 Å². The first-order valence-electron chi connectivity index (χ1n) is 9.29. The van der Waals surface area contributed by atoms with Gasteiger partial charge in [-0.3, -0.25) is 4.79 Å². The monoisotopic (exact) mass is 399 g/mol. The lowest BCUT2D eigenvalue weighted by Crippen LogP contribution is -2.51. The summed E-state index contributed by atoms with van der Waals surface area (Å²) in [6.07, 6.45) is 4.79. The number of thiazole rings is 1. The molecular formula is C18H29N3O3S2. The SMILES string of the molecule is Cc1ncsc1CN(C)CC1CCN(C(=O)C2(S(C)(=O)=O)CCCC2)C1. The van der Waals surface area contributed by atoms with Crippen LogP contribution in [0.25, 0.3) is 0 Å². The molecule has 1 aliphatic carbocycles. The Kier molecular flexibility index (Phi) is 5.75. The molecule has 1 saturated carbocycles. The van der Waals surface area contributed by atoms with Crippen molar-refractivity contribution in [2.75, 3.05) is 32.9 Å². The number of likely N-dealkylation sites (tertiary alicyclic amines) is 1. The Morgan fingerprint density at radius 2 is 2.12 bits per heavy atom. The lowest BCUT2D eigenvalue weighted by atomic mass is 10.1. The summed E-state index contributed by atoms with van der Waals surface area (Å²) >= 11 is 1.68. The molecule has 0 N–H and O–H groups in total. The zero-order valence-electron chi connectivity index (χ0n) is 15.9. The predicted octanol–water partition coefficient (Wildman–Crippen LogP) is 2.09. The Morgan fingerprint density at radius 3 is 2.69 bits per heavy atom. The van der Waals surface area contributed by atoms with Crippen LogP contribution in [0, 0.1) is 12.8 Å². The van der Waals surface area contributed by atoms with E-state index in [9.17, 15) is 13.2 Å². The summed E-state index contributed by atoms with van der Waals surface area (Å²) in [5, 5.41) is 0. The number of nitrogens with zero attached hydrogens (tertiary/aromatic N) is 3. The van der Waals surface area contributed by atoms with Gasteiger partial charge >= 0.3 is 0 Å². The van der Waals surface area contributed by atoms with E-state index in [2.05, 4.69) is 16.9 Å². The van der Waals surface area contributed by atoms with Crippen molar-refractivity contribution in [2.24, 2.45) is 5.92 Å². The fourth-order valence-corrected chi connectivity index (χ4v) is 6.70. The normalized spacial score (nSPS) is 23.1. The lowest BCUT2D eigenvalue weighted by molar-refractivity contribution is -0.133. The average molecular weight is 400 g/mol. The third-order valence-electron chi connectivity index (χ3n) is 5.91. The van der Waals surface area contributed by atoms with Crippen LogP contribution in [0.4, 0.5) is 0 Å². The van der Waals surface area contributed by atoms with Crippen LogP contribution in [0.1, 0.15) is 42.7 Å². The highest BCUT2D eigenvalue weighted by Crippen LogP contribution is 2.39. The van der Waals surface area contributed by atoms with E-state index in [1.807, 2.05) is 17.3 Å². The standard InChI is InChI=1S/C18H29N3O3S2/c1-14-16(25-13-19-14)12-20(2)10-15-6-9-21(11-15)17(22)18(26(3,23)24)7-4-5-8-18/h13,15H,4-12H2,1-3H3. The van der Waals surface area contributed by atoms with Crippen molar-refractivity contribution in [1.29, 1.82) is 0 Å². The molecule has 1 atom stereocenters. The van der Waals surface area contributed by atoms with Crippen molar-refractivity contribution in [3.05, 3.63) is 16.1 Å². The van der Waals surface area contributed by atoms with E-state index < -0.39 is 14.6 Å². The lowest BCUT2D eigenvalue weighted by Gasteiger charge is -2.31. The molecular weight excluding hydrogens is 370 g/mol. The highest BCUT2D eigenvalue weighted by Gasteiger charge is 2.52. The van der Waals surface area contributed by atoms with Gasteiger partial charge in [0, 0.05) is 37.3 Å². The second-order valence-corrected chi connectivity index (χ2v) is 11.2. The van der Waals surface area contributed by atoms with Crippen LogP contribution in [0.2, 0.25) is 0 Å². The summed E-state index contributed by atoms with van der Waals surface area (Å²) in [5.74, 6) is 0.246. The zero-order valence-corrected chi connectivity index (χ0v) is 17.5. The molecule has 2 fully saturated rings. The summed E-state index contributed by atoms with van der Waals surface area (Å²) in [7, 11) is -1.29. The number of amides is 1. The molecule has 1 aromatic rings. The van der Waals surface area contributed by atoms with Crippen LogP contribution < -0.4 is 0 Å². The van der Waals surface area contributed by atoms with E-state index in [0.29, 0.717) is 31.8 Å². The van der Waals surface area contributed by atoms with Gasteiger partial charge < -0.3 is 9.80 Å². The molecule has 8 heteroatoms. The van der Waals surface area contributed by atoms with Crippen molar-refractivity contribution < 1.29 is 13.2 Å². The van der Waals surface area contributed by atoms with Gasteiger partial charge in [-0.15, -0.1) is 11.3 Å². The fourth-order valence-electron chi connectivity index (χ4n) is 4.37. The van der Waals surface area contributed by atoms with Crippen LogP contribution in [0.3, 0.4) is 0 Å². The molecule has 26 heavy (non-hydrogen) atoms. The molecule has 1 aliphatic heterocycles. The highest BCUT2D eigenvalue weighted by atomic mass is 32.2. The fraction of sp³-hybridized carbons (Fsp3) is 0.778. The molecule has 1 aromatic heterocycles. The van der Waals surface area contributed by atoms with Crippen LogP contribution in [0.5, 0.6) is 0 Å². The van der Waals surface area contributed by atoms with Crippen molar-refractivity contribution in [2.45, 2.75) is 50.3 Å². The maximum absolute atomic E-state index is 13.1. The minimum absolute atomic E-state index is 0.152. The molecule has 1 unspecified atom stereocenters. The van der Waals surface area contributed by atoms with Crippen molar-refractivity contribution in [3.8, 4) is 0 Å². The smallest absolute Gasteiger partial charge is 0.244 e. The molecule has 1 saturated heterocycles. The summed E-state index contributed by atoms with van der Waals surface area (Å²) in [6.45, 7) is 5.15. The molecule has 2 heterocycles. The number of rotatable bonds is 6. The summed E-state index contributed by atoms with van der Waals surface area (Å²) in [4.78, 5) is 22.7. The third-order valence-corrected chi connectivity index (χ3v) is 8.83. The second-order valence-electron chi connectivity index (χ2n) is 7.94. The molecule has 0 bridgehead atoms. The molecule has 6 nitrogen and oxygen atoms in total. The van der Waals surface area contributed by atoms with Crippen LogP contribution in [-0.4, -0.2) is 66.8 Å². The Morgan fingerprint density at radius 1 is 1.42 bits per heavy atom. The first-order chi connectivity index (χ1) is 12.2. The Labute approximate surface area is 160 Å². The Bertz CT molecular complexity index is 753. The number of hydrogen-bond acceptors (Lipinski definition) is 6. The first-order valence-corrected chi connectivity index (χ1v) is 12.1. The quantitative estimate of drug-likeness (QED) is 0.732. The number of aryl methyl sites for hydroxylation is 1.